The molecule has 1 aromatic heterocycles. The molecule has 0 aliphatic carbocycles. The SMILES string of the molecule is N#CC(=CNc1ccc(N(CCO)CCO)cc1)c1nn[nH]n1. The highest BCUT2D eigenvalue weighted by atomic mass is 16.3. The van der Waals surface area contributed by atoms with Crippen LogP contribution in [0.3, 0.4) is 0 Å². The number of rotatable bonds is 8. The molecule has 0 atom stereocenters. The van der Waals surface area contributed by atoms with Gasteiger partial charge in [-0.2, -0.15) is 10.5 Å². The summed E-state index contributed by atoms with van der Waals surface area (Å²) in [6.07, 6.45) is 1.50. The number of hydrogen-bond acceptors (Lipinski definition) is 8. The minimum Gasteiger partial charge on any atom is -0.395 e. The predicted octanol–water partition coefficient (Wildman–Crippen LogP) is -0.0327. The molecule has 1 aromatic carbocycles. The van der Waals surface area contributed by atoms with Crippen molar-refractivity contribution in [3.05, 3.63) is 36.3 Å². The van der Waals surface area contributed by atoms with Crippen molar-refractivity contribution < 1.29 is 10.2 Å². The number of aromatic amines is 1. The maximum absolute atomic E-state index is 9.08. The standard InChI is InChI=1S/C14H17N7O2/c15-9-11(14-17-19-20-18-14)10-16-12-1-3-13(4-2-12)21(5-7-22)6-8-23/h1-4,10,16,22-23H,5-8H2,(H,17,18,19,20). The molecule has 4 N–H and O–H groups in total. The number of anilines is 2. The molecule has 0 amide bonds. The molecule has 0 radical (unpaired) electrons. The van der Waals surface area contributed by atoms with Gasteiger partial charge in [-0.05, 0) is 29.5 Å². The van der Waals surface area contributed by atoms with Gasteiger partial charge in [0, 0.05) is 30.7 Å². The van der Waals surface area contributed by atoms with Crippen molar-refractivity contribution in [2.45, 2.75) is 0 Å². The van der Waals surface area contributed by atoms with Crippen LogP contribution < -0.4 is 10.2 Å². The lowest BCUT2D eigenvalue weighted by molar-refractivity contribution is 0.281. The molecule has 9 heteroatoms. The average Bonchev–Trinajstić information content (AvgIpc) is 3.10. The summed E-state index contributed by atoms with van der Waals surface area (Å²) < 4.78 is 0. The van der Waals surface area contributed by atoms with E-state index in [1.54, 1.807) is 0 Å². The molecule has 0 bridgehead atoms. The van der Waals surface area contributed by atoms with Crippen LogP contribution in [0.5, 0.6) is 0 Å². The van der Waals surface area contributed by atoms with Crippen molar-refractivity contribution in [2.75, 3.05) is 36.5 Å². The molecule has 0 fully saturated rings. The molecule has 2 rings (SSSR count). The Kier molecular flexibility index (Phi) is 6.05. The molecule has 0 saturated carbocycles. The number of aliphatic hydroxyl groups is 2. The Morgan fingerprint density at radius 3 is 2.48 bits per heavy atom. The Morgan fingerprint density at radius 1 is 1.26 bits per heavy atom. The van der Waals surface area contributed by atoms with Crippen molar-refractivity contribution in [3.63, 3.8) is 0 Å². The second-order valence-corrected chi connectivity index (χ2v) is 4.53. The summed E-state index contributed by atoms with van der Waals surface area (Å²) in [5.41, 5.74) is 1.92. The van der Waals surface area contributed by atoms with Gasteiger partial charge in [0.2, 0.25) is 5.82 Å². The topological polar surface area (TPSA) is 134 Å². The van der Waals surface area contributed by atoms with Gasteiger partial charge in [0.1, 0.15) is 11.6 Å². The largest absolute Gasteiger partial charge is 0.395 e. The molecule has 1 heterocycles. The number of H-pyrrole nitrogens is 1. The van der Waals surface area contributed by atoms with Crippen LogP contribution in [-0.4, -0.2) is 57.1 Å². The van der Waals surface area contributed by atoms with E-state index < -0.39 is 0 Å². The normalized spacial score (nSPS) is 11.1. The van der Waals surface area contributed by atoms with E-state index in [0.29, 0.717) is 13.1 Å². The van der Waals surface area contributed by atoms with Crippen molar-refractivity contribution in [2.24, 2.45) is 0 Å². The number of aliphatic hydroxyl groups excluding tert-OH is 2. The second kappa shape index (κ2) is 8.47. The molecule has 120 valence electrons. The Bertz CT molecular complexity index is 655. The molecule has 0 aliphatic heterocycles. The first kappa shape index (κ1) is 16.4. The van der Waals surface area contributed by atoms with Gasteiger partial charge >= 0.3 is 0 Å². The number of benzene rings is 1. The fraction of sp³-hybridized carbons (Fsp3) is 0.286. The van der Waals surface area contributed by atoms with Crippen LogP contribution in [0, 0.1) is 11.3 Å². The minimum absolute atomic E-state index is 0.0129. The summed E-state index contributed by atoms with van der Waals surface area (Å²) in [5, 5.41) is 43.4. The summed E-state index contributed by atoms with van der Waals surface area (Å²) in [5.74, 6) is 0.216. The second-order valence-electron chi connectivity index (χ2n) is 4.53. The van der Waals surface area contributed by atoms with Crippen LogP contribution in [0.1, 0.15) is 5.82 Å². The summed E-state index contributed by atoms with van der Waals surface area (Å²) in [6, 6.07) is 9.38. The van der Waals surface area contributed by atoms with Gasteiger partial charge in [-0.3, -0.25) is 0 Å². The van der Waals surface area contributed by atoms with Crippen molar-refractivity contribution in [1.82, 2.24) is 20.6 Å². The van der Waals surface area contributed by atoms with E-state index in [0.717, 1.165) is 11.4 Å². The Hall–Kier alpha value is -2.96. The van der Waals surface area contributed by atoms with E-state index in [-0.39, 0.29) is 24.6 Å². The van der Waals surface area contributed by atoms with Crippen LogP contribution in [-0.2, 0) is 0 Å². The van der Waals surface area contributed by atoms with E-state index in [1.807, 2.05) is 35.2 Å². The molecule has 0 unspecified atom stereocenters. The lowest BCUT2D eigenvalue weighted by Gasteiger charge is -2.23. The fourth-order valence-electron chi connectivity index (χ4n) is 1.96. The molecule has 23 heavy (non-hydrogen) atoms. The number of hydrogen-bond donors (Lipinski definition) is 4. The van der Waals surface area contributed by atoms with Gasteiger partial charge in [-0.25, -0.2) is 0 Å². The maximum atomic E-state index is 9.08. The molecule has 9 nitrogen and oxygen atoms in total. The van der Waals surface area contributed by atoms with E-state index in [4.69, 9.17) is 15.5 Å². The zero-order valence-electron chi connectivity index (χ0n) is 12.3. The summed E-state index contributed by atoms with van der Waals surface area (Å²) in [4.78, 5) is 1.87. The van der Waals surface area contributed by atoms with Crippen molar-refractivity contribution >= 4 is 16.9 Å². The number of nitrogens with one attached hydrogen (secondary N) is 2. The number of tetrazole rings is 1. The number of aromatic nitrogens is 4. The highest BCUT2D eigenvalue weighted by molar-refractivity contribution is 5.74. The van der Waals surface area contributed by atoms with Gasteiger partial charge < -0.3 is 20.4 Å². The lowest BCUT2D eigenvalue weighted by atomic mass is 10.2. The molecular formula is C14H17N7O2. The smallest absolute Gasteiger partial charge is 0.216 e. The van der Waals surface area contributed by atoms with Crippen LogP contribution in [0.2, 0.25) is 0 Å². The first-order chi connectivity index (χ1) is 11.3. The van der Waals surface area contributed by atoms with Gasteiger partial charge in [-0.15, -0.1) is 10.2 Å². The summed E-state index contributed by atoms with van der Waals surface area (Å²) >= 11 is 0. The van der Waals surface area contributed by atoms with Gasteiger partial charge in [0.15, 0.2) is 0 Å². The van der Waals surface area contributed by atoms with Gasteiger partial charge in [-0.1, -0.05) is 0 Å². The zero-order chi connectivity index (χ0) is 16.5. The molecule has 0 saturated heterocycles. The Morgan fingerprint density at radius 2 is 1.96 bits per heavy atom. The van der Waals surface area contributed by atoms with E-state index in [1.165, 1.54) is 6.20 Å². The number of nitrogens with zero attached hydrogens (tertiary/aromatic N) is 5. The Balaban J connectivity index is 2.06. The third-order valence-electron chi connectivity index (χ3n) is 3.06. The Labute approximate surface area is 132 Å². The van der Waals surface area contributed by atoms with Gasteiger partial charge in [0.05, 0.1) is 13.2 Å². The number of allylic oxidation sites excluding steroid dienone is 1. The first-order valence-electron chi connectivity index (χ1n) is 6.96. The van der Waals surface area contributed by atoms with Crippen molar-refractivity contribution in [1.29, 1.82) is 5.26 Å². The van der Waals surface area contributed by atoms with E-state index in [2.05, 4.69) is 25.9 Å². The third kappa shape index (κ3) is 4.50. The lowest BCUT2D eigenvalue weighted by Crippen LogP contribution is -2.29. The van der Waals surface area contributed by atoms with E-state index in [9.17, 15) is 0 Å². The fourth-order valence-corrected chi connectivity index (χ4v) is 1.96. The number of nitriles is 1. The summed E-state index contributed by atoms with van der Waals surface area (Å²) in [6.45, 7) is 0.922. The van der Waals surface area contributed by atoms with Crippen LogP contribution in [0.25, 0.3) is 5.57 Å². The minimum atomic E-state index is 0.0129. The monoisotopic (exact) mass is 315 g/mol. The first-order valence-corrected chi connectivity index (χ1v) is 6.96. The molecular weight excluding hydrogens is 298 g/mol. The molecule has 0 spiro atoms. The third-order valence-corrected chi connectivity index (χ3v) is 3.06. The van der Waals surface area contributed by atoms with Gasteiger partial charge in [0.25, 0.3) is 0 Å². The van der Waals surface area contributed by atoms with Crippen LogP contribution in [0.4, 0.5) is 11.4 Å². The quantitative estimate of drug-likeness (QED) is 0.499. The molecule has 0 aliphatic rings. The zero-order valence-corrected chi connectivity index (χ0v) is 12.3. The van der Waals surface area contributed by atoms with Crippen molar-refractivity contribution in [3.8, 4) is 6.07 Å². The van der Waals surface area contributed by atoms with Crippen LogP contribution >= 0.6 is 0 Å². The average molecular weight is 315 g/mol. The molecule has 2 aromatic rings. The highest BCUT2D eigenvalue weighted by Crippen LogP contribution is 2.18. The summed E-state index contributed by atoms with van der Waals surface area (Å²) in [7, 11) is 0. The highest BCUT2D eigenvalue weighted by Gasteiger charge is 2.06. The van der Waals surface area contributed by atoms with E-state index >= 15 is 0 Å². The predicted molar refractivity (Wildman–Crippen MR) is 84.2 cm³/mol. The van der Waals surface area contributed by atoms with Crippen LogP contribution in [0.15, 0.2) is 30.5 Å². The maximum Gasteiger partial charge on any atom is 0.216 e.